The minimum atomic E-state index is -0.324. The number of halogens is 1. The van der Waals surface area contributed by atoms with Crippen molar-refractivity contribution in [2.75, 3.05) is 45.7 Å². The molecule has 0 radical (unpaired) electrons. The maximum atomic E-state index is 13.8. The van der Waals surface area contributed by atoms with E-state index in [4.69, 9.17) is 9.47 Å². The van der Waals surface area contributed by atoms with E-state index in [-0.39, 0.29) is 30.2 Å². The van der Waals surface area contributed by atoms with E-state index < -0.39 is 0 Å². The highest BCUT2D eigenvalue weighted by atomic mass is 19.1. The molecular formula is C43H47FN6O4. The monoisotopic (exact) mass is 730 g/mol. The summed E-state index contributed by atoms with van der Waals surface area (Å²) in [5, 5.41) is 8.95. The third kappa shape index (κ3) is 8.69. The van der Waals surface area contributed by atoms with Gasteiger partial charge >= 0.3 is 0 Å². The van der Waals surface area contributed by atoms with Crippen LogP contribution in [0.3, 0.4) is 0 Å². The number of anilines is 2. The SMILES string of the molecule is COc1cc(CN(C[C@@H](Cc2c[nH]c3ccccc23)NC(=O)CN2CCC(c3c[nH]c4ccc(Nc5ccc(F)cc5)cc34)CC2)C(C)=O)cc(OC)c1. The third-order valence-corrected chi connectivity index (χ3v) is 10.4. The van der Waals surface area contributed by atoms with Crippen LogP contribution in [-0.2, 0) is 22.6 Å². The zero-order chi connectivity index (χ0) is 37.6. The number of aromatic amines is 2. The number of para-hydroxylation sites is 1. The summed E-state index contributed by atoms with van der Waals surface area (Å²) < 4.78 is 24.4. The first kappa shape index (κ1) is 36.5. The molecule has 280 valence electrons. The van der Waals surface area contributed by atoms with Gasteiger partial charge in [0.05, 0.1) is 26.8 Å². The molecule has 0 saturated carbocycles. The van der Waals surface area contributed by atoms with Crippen LogP contribution in [0.4, 0.5) is 15.8 Å². The highest BCUT2D eigenvalue weighted by Gasteiger charge is 2.26. The van der Waals surface area contributed by atoms with E-state index in [9.17, 15) is 14.0 Å². The Morgan fingerprint density at radius 1 is 0.870 bits per heavy atom. The van der Waals surface area contributed by atoms with E-state index in [2.05, 4.69) is 49.9 Å². The lowest BCUT2D eigenvalue weighted by Crippen LogP contribution is -2.49. The van der Waals surface area contributed by atoms with Gasteiger partial charge in [-0.15, -0.1) is 0 Å². The molecule has 1 saturated heterocycles. The summed E-state index contributed by atoms with van der Waals surface area (Å²) >= 11 is 0. The Bertz CT molecular complexity index is 2200. The molecule has 10 nitrogen and oxygen atoms in total. The van der Waals surface area contributed by atoms with Gasteiger partial charge in [-0.1, -0.05) is 18.2 Å². The van der Waals surface area contributed by atoms with Gasteiger partial charge in [-0.3, -0.25) is 14.5 Å². The Morgan fingerprint density at radius 3 is 2.28 bits per heavy atom. The second kappa shape index (κ2) is 16.5. The maximum Gasteiger partial charge on any atom is 0.234 e. The number of hydrogen-bond acceptors (Lipinski definition) is 6. The number of nitrogens with one attached hydrogen (secondary N) is 4. The Hall–Kier alpha value is -5.81. The number of H-pyrrole nitrogens is 2. The molecule has 0 spiro atoms. The molecule has 1 aliphatic heterocycles. The quantitative estimate of drug-likeness (QED) is 0.0923. The molecule has 54 heavy (non-hydrogen) atoms. The summed E-state index contributed by atoms with van der Waals surface area (Å²) in [5.41, 5.74) is 7.10. The van der Waals surface area contributed by atoms with E-state index in [1.807, 2.05) is 42.6 Å². The van der Waals surface area contributed by atoms with Crippen molar-refractivity contribution in [3.05, 3.63) is 120 Å². The van der Waals surface area contributed by atoms with Gasteiger partial charge in [0.2, 0.25) is 11.8 Å². The lowest BCUT2D eigenvalue weighted by atomic mass is 9.89. The number of carbonyl (C=O) groups is 2. The summed E-state index contributed by atoms with van der Waals surface area (Å²) in [5.74, 6) is 1.23. The highest BCUT2D eigenvalue weighted by molar-refractivity contribution is 5.88. The molecule has 2 aromatic heterocycles. The average molecular weight is 731 g/mol. The first-order valence-electron chi connectivity index (χ1n) is 18.4. The summed E-state index contributed by atoms with van der Waals surface area (Å²) in [6.45, 7) is 4.10. The van der Waals surface area contributed by atoms with Gasteiger partial charge in [0, 0.05) is 71.7 Å². The molecule has 3 heterocycles. The predicted molar refractivity (Wildman–Crippen MR) is 211 cm³/mol. The number of likely N-dealkylation sites (tertiary alicyclic amines) is 1. The fraction of sp³-hybridized carbons (Fsp3) is 0.302. The van der Waals surface area contributed by atoms with Crippen molar-refractivity contribution in [1.29, 1.82) is 0 Å². The number of aromatic nitrogens is 2. The molecular weight excluding hydrogens is 684 g/mol. The highest BCUT2D eigenvalue weighted by Crippen LogP contribution is 2.35. The maximum absolute atomic E-state index is 13.8. The van der Waals surface area contributed by atoms with E-state index in [0.717, 1.165) is 64.9 Å². The normalized spacial score (nSPS) is 14.2. The van der Waals surface area contributed by atoms with Crippen LogP contribution in [0.15, 0.2) is 97.3 Å². The lowest BCUT2D eigenvalue weighted by molar-refractivity contribution is -0.131. The zero-order valence-electron chi connectivity index (χ0n) is 31.0. The molecule has 1 fully saturated rings. The van der Waals surface area contributed by atoms with Crippen molar-refractivity contribution < 1.29 is 23.5 Å². The molecule has 1 atom stereocenters. The molecule has 11 heteroatoms. The predicted octanol–water partition coefficient (Wildman–Crippen LogP) is 7.50. The fourth-order valence-electron chi connectivity index (χ4n) is 7.61. The van der Waals surface area contributed by atoms with Crippen molar-refractivity contribution in [3.63, 3.8) is 0 Å². The molecule has 4 aromatic carbocycles. The van der Waals surface area contributed by atoms with Crippen molar-refractivity contribution in [1.82, 2.24) is 25.1 Å². The summed E-state index contributed by atoms with van der Waals surface area (Å²) in [6, 6.07) is 26.0. The fourth-order valence-corrected chi connectivity index (χ4v) is 7.61. The number of benzene rings is 4. The minimum Gasteiger partial charge on any atom is -0.497 e. The molecule has 2 amide bonds. The van der Waals surface area contributed by atoms with Gasteiger partial charge in [-0.2, -0.15) is 0 Å². The minimum absolute atomic E-state index is 0.0616. The van der Waals surface area contributed by atoms with E-state index in [0.29, 0.717) is 36.9 Å². The van der Waals surface area contributed by atoms with Crippen LogP contribution in [0.1, 0.15) is 42.4 Å². The van der Waals surface area contributed by atoms with Crippen molar-refractivity contribution in [2.45, 2.75) is 44.7 Å². The zero-order valence-corrected chi connectivity index (χ0v) is 31.0. The Balaban J connectivity index is 1.01. The molecule has 0 bridgehead atoms. The van der Waals surface area contributed by atoms with Gasteiger partial charge in [0.15, 0.2) is 0 Å². The van der Waals surface area contributed by atoms with E-state index >= 15 is 0 Å². The standard InChI is InChI=1S/C43H47FN6O4/c1-28(51)50(25-29-18-36(53-2)22-37(19-29)54-3)26-35(20-31-23-45-41-7-5-4-6-38(31)41)48-43(52)27-49-16-14-30(15-17-49)40-24-46-42-13-12-34(21-39(40)42)47-33-10-8-32(44)9-11-33/h4-13,18-19,21-24,30,35,45-47H,14-17,20,25-27H2,1-3H3,(H,48,52)/t35-/m1/s1. The lowest BCUT2D eigenvalue weighted by Gasteiger charge is -2.32. The molecule has 0 unspecified atom stereocenters. The second-order valence-corrected chi connectivity index (χ2v) is 14.1. The first-order chi connectivity index (χ1) is 26.2. The summed E-state index contributed by atoms with van der Waals surface area (Å²) in [7, 11) is 3.20. The van der Waals surface area contributed by atoms with Gasteiger partial charge in [-0.25, -0.2) is 4.39 Å². The second-order valence-electron chi connectivity index (χ2n) is 14.1. The Kier molecular flexibility index (Phi) is 11.1. The molecule has 0 aliphatic carbocycles. The number of rotatable bonds is 14. The number of methoxy groups -OCH3 is 2. The summed E-state index contributed by atoms with van der Waals surface area (Å²) in [4.78, 5) is 37.6. The van der Waals surface area contributed by atoms with Crippen LogP contribution in [0.5, 0.6) is 11.5 Å². The first-order valence-corrected chi connectivity index (χ1v) is 18.4. The van der Waals surface area contributed by atoms with Crippen molar-refractivity contribution in [2.24, 2.45) is 0 Å². The third-order valence-electron chi connectivity index (χ3n) is 10.4. The number of amides is 2. The number of piperidine rings is 1. The number of fused-ring (bicyclic) bond motifs is 2. The Labute approximate surface area is 314 Å². The molecule has 7 rings (SSSR count). The number of nitrogens with zero attached hydrogens (tertiary/aromatic N) is 2. The van der Waals surface area contributed by atoms with Crippen LogP contribution in [0.25, 0.3) is 21.8 Å². The Morgan fingerprint density at radius 2 is 1.56 bits per heavy atom. The van der Waals surface area contributed by atoms with Crippen LogP contribution in [-0.4, -0.2) is 78.0 Å². The van der Waals surface area contributed by atoms with Crippen LogP contribution >= 0.6 is 0 Å². The van der Waals surface area contributed by atoms with Gasteiger partial charge < -0.3 is 35.0 Å². The number of carbonyl (C=O) groups excluding carboxylic acids is 2. The van der Waals surface area contributed by atoms with Crippen LogP contribution in [0.2, 0.25) is 0 Å². The smallest absolute Gasteiger partial charge is 0.234 e. The van der Waals surface area contributed by atoms with Gasteiger partial charge in [0.1, 0.15) is 17.3 Å². The van der Waals surface area contributed by atoms with Crippen molar-refractivity contribution >= 4 is 45.0 Å². The number of ether oxygens (including phenoxy) is 2. The van der Waals surface area contributed by atoms with Crippen LogP contribution in [0, 0.1) is 5.82 Å². The topological polar surface area (TPSA) is 115 Å². The molecule has 6 aromatic rings. The summed E-state index contributed by atoms with van der Waals surface area (Å²) in [6.07, 6.45) is 6.51. The van der Waals surface area contributed by atoms with Gasteiger partial charge in [-0.05, 0) is 116 Å². The van der Waals surface area contributed by atoms with Crippen LogP contribution < -0.4 is 20.1 Å². The van der Waals surface area contributed by atoms with Crippen molar-refractivity contribution in [3.8, 4) is 11.5 Å². The molecule has 4 N–H and O–H groups in total. The average Bonchev–Trinajstić information content (AvgIpc) is 3.79. The van der Waals surface area contributed by atoms with E-state index in [1.165, 1.54) is 23.1 Å². The largest absolute Gasteiger partial charge is 0.497 e. The molecule has 1 aliphatic rings. The number of hydrogen-bond donors (Lipinski definition) is 4. The van der Waals surface area contributed by atoms with E-state index in [1.54, 1.807) is 44.2 Å². The van der Waals surface area contributed by atoms with Gasteiger partial charge in [0.25, 0.3) is 0 Å².